The average Bonchev–Trinajstić information content (AvgIpc) is 2.94. The Hall–Kier alpha value is -1.36. The largest absolute Gasteiger partial charge is 0.374 e. The summed E-state index contributed by atoms with van der Waals surface area (Å²) in [6.07, 6.45) is 2.49. The van der Waals surface area contributed by atoms with E-state index in [4.69, 9.17) is 4.74 Å². The smallest absolute Gasteiger partial charge is 0.158 e. The van der Waals surface area contributed by atoms with Crippen molar-refractivity contribution in [1.82, 2.24) is 9.97 Å². The minimum Gasteiger partial charge on any atom is -0.374 e. The molecule has 0 spiro atoms. The first-order valence-electron chi connectivity index (χ1n) is 7.55. The summed E-state index contributed by atoms with van der Waals surface area (Å²) in [7, 11) is 1.89. The third-order valence-corrected chi connectivity index (χ3v) is 3.81. The monoisotopic (exact) mass is 278 g/mol. The van der Waals surface area contributed by atoms with Crippen molar-refractivity contribution in [2.45, 2.75) is 46.3 Å². The Morgan fingerprint density at radius 2 is 2.25 bits per heavy atom. The number of aromatic nitrogens is 2. The van der Waals surface area contributed by atoms with Gasteiger partial charge in [0.05, 0.1) is 0 Å². The Morgan fingerprint density at radius 1 is 1.45 bits per heavy atom. The van der Waals surface area contributed by atoms with E-state index in [1.54, 1.807) is 0 Å². The molecule has 0 amide bonds. The van der Waals surface area contributed by atoms with Gasteiger partial charge in [0.15, 0.2) is 5.82 Å². The number of hydrogen-bond donors (Lipinski definition) is 1. The molecule has 5 nitrogen and oxygen atoms in total. The molecule has 112 valence electrons. The number of rotatable bonds is 6. The molecule has 0 saturated carbocycles. The third kappa shape index (κ3) is 3.39. The van der Waals surface area contributed by atoms with Crippen LogP contribution in [0.1, 0.15) is 39.4 Å². The van der Waals surface area contributed by atoms with Crippen molar-refractivity contribution in [3.05, 3.63) is 11.9 Å². The molecule has 1 unspecified atom stereocenters. The lowest BCUT2D eigenvalue weighted by atomic mass is 10.0. The predicted molar refractivity (Wildman–Crippen MR) is 82.1 cm³/mol. The van der Waals surface area contributed by atoms with Gasteiger partial charge in [0.1, 0.15) is 18.2 Å². The van der Waals surface area contributed by atoms with Crippen LogP contribution < -0.4 is 10.2 Å². The maximum Gasteiger partial charge on any atom is 0.158 e. The van der Waals surface area contributed by atoms with Crippen molar-refractivity contribution in [2.24, 2.45) is 5.92 Å². The fraction of sp³-hybridized carbons (Fsp3) is 0.733. The molecule has 20 heavy (non-hydrogen) atoms. The minimum atomic E-state index is 0.471. The summed E-state index contributed by atoms with van der Waals surface area (Å²) < 4.78 is 5.44. The highest BCUT2D eigenvalue weighted by molar-refractivity contribution is 5.50. The van der Waals surface area contributed by atoms with Crippen molar-refractivity contribution in [3.8, 4) is 0 Å². The second-order valence-electron chi connectivity index (χ2n) is 5.56. The predicted octanol–water partition coefficient (Wildman–Crippen LogP) is 2.68. The van der Waals surface area contributed by atoms with E-state index in [1.165, 1.54) is 12.8 Å². The van der Waals surface area contributed by atoms with Crippen LogP contribution in [0.25, 0.3) is 0 Å². The lowest BCUT2D eigenvalue weighted by Crippen LogP contribution is -2.34. The standard InChI is InChI=1S/C15H26N4O/c1-5-20-10-14-17-13(16-4)9-15(18-14)19-8-6-7-12(19)11(2)3/h9,11-12H,5-8,10H2,1-4H3,(H,16,17,18). The van der Waals surface area contributed by atoms with Crippen LogP contribution >= 0.6 is 0 Å². The van der Waals surface area contributed by atoms with E-state index in [0.717, 1.165) is 24.0 Å². The van der Waals surface area contributed by atoms with Gasteiger partial charge in [-0.3, -0.25) is 0 Å². The topological polar surface area (TPSA) is 50.3 Å². The van der Waals surface area contributed by atoms with Gasteiger partial charge in [0, 0.05) is 32.3 Å². The van der Waals surface area contributed by atoms with Crippen molar-refractivity contribution in [3.63, 3.8) is 0 Å². The summed E-state index contributed by atoms with van der Waals surface area (Å²) in [5.41, 5.74) is 0. The molecule has 2 heterocycles. The molecule has 1 atom stereocenters. The highest BCUT2D eigenvalue weighted by Gasteiger charge is 2.28. The number of nitrogens with one attached hydrogen (secondary N) is 1. The van der Waals surface area contributed by atoms with Crippen molar-refractivity contribution in [1.29, 1.82) is 0 Å². The maximum atomic E-state index is 5.44. The zero-order chi connectivity index (χ0) is 14.5. The molecule has 0 aromatic carbocycles. The van der Waals surface area contributed by atoms with Crippen molar-refractivity contribution < 1.29 is 4.74 Å². The van der Waals surface area contributed by atoms with Crippen LogP contribution in [0.5, 0.6) is 0 Å². The lowest BCUT2D eigenvalue weighted by Gasteiger charge is -2.29. The van der Waals surface area contributed by atoms with Crippen LogP contribution in [0.15, 0.2) is 6.07 Å². The van der Waals surface area contributed by atoms with Crippen LogP contribution in [0.3, 0.4) is 0 Å². The molecule has 1 aromatic rings. The first-order valence-corrected chi connectivity index (χ1v) is 7.55. The second kappa shape index (κ2) is 6.88. The summed E-state index contributed by atoms with van der Waals surface area (Å²) in [5, 5.41) is 3.12. The molecule has 0 bridgehead atoms. The van der Waals surface area contributed by atoms with E-state index in [2.05, 4.69) is 34.0 Å². The molecule has 1 aliphatic rings. The lowest BCUT2D eigenvalue weighted by molar-refractivity contribution is 0.128. The molecular formula is C15H26N4O. The molecule has 5 heteroatoms. The Labute approximate surface area is 121 Å². The van der Waals surface area contributed by atoms with E-state index in [0.29, 0.717) is 25.2 Å². The highest BCUT2D eigenvalue weighted by Crippen LogP contribution is 2.29. The summed E-state index contributed by atoms with van der Waals surface area (Å²) in [4.78, 5) is 11.6. The zero-order valence-electron chi connectivity index (χ0n) is 13.0. The zero-order valence-corrected chi connectivity index (χ0v) is 13.0. The first-order chi connectivity index (χ1) is 9.65. The van der Waals surface area contributed by atoms with Crippen LogP contribution in [-0.4, -0.2) is 36.2 Å². The van der Waals surface area contributed by atoms with Gasteiger partial charge in [-0.2, -0.15) is 0 Å². The fourth-order valence-electron chi connectivity index (χ4n) is 2.79. The Morgan fingerprint density at radius 3 is 2.90 bits per heavy atom. The van der Waals surface area contributed by atoms with Gasteiger partial charge >= 0.3 is 0 Å². The number of nitrogens with zero attached hydrogens (tertiary/aromatic N) is 3. The van der Waals surface area contributed by atoms with Crippen molar-refractivity contribution >= 4 is 11.6 Å². The molecular weight excluding hydrogens is 252 g/mol. The molecule has 1 N–H and O–H groups in total. The van der Waals surface area contributed by atoms with Gasteiger partial charge in [-0.15, -0.1) is 0 Å². The van der Waals surface area contributed by atoms with E-state index < -0.39 is 0 Å². The SMILES string of the molecule is CCOCc1nc(NC)cc(N2CCCC2C(C)C)n1. The van der Waals surface area contributed by atoms with E-state index >= 15 is 0 Å². The molecule has 0 aliphatic carbocycles. The number of hydrogen-bond acceptors (Lipinski definition) is 5. The van der Waals surface area contributed by atoms with Crippen LogP contribution in [0, 0.1) is 5.92 Å². The van der Waals surface area contributed by atoms with Crippen LogP contribution in [0.4, 0.5) is 11.6 Å². The number of anilines is 2. The summed E-state index contributed by atoms with van der Waals surface area (Å²) >= 11 is 0. The first kappa shape index (κ1) is 15.0. The highest BCUT2D eigenvalue weighted by atomic mass is 16.5. The van der Waals surface area contributed by atoms with Crippen molar-refractivity contribution in [2.75, 3.05) is 30.4 Å². The minimum absolute atomic E-state index is 0.471. The van der Waals surface area contributed by atoms with Gasteiger partial charge in [-0.05, 0) is 25.7 Å². The van der Waals surface area contributed by atoms with Gasteiger partial charge < -0.3 is 15.0 Å². The van der Waals surface area contributed by atoms with E-state index in [-0.39, 0.29) is 0 Å². The van der Waals surface area contributed by atoms with Crippen LogP contribution in [0.2, 0.25) is 0 Å². The fourth-order valence-corrected chi connectivity index (χ4v) is 2.79. The summed E-state index contributed by atoms with van der Waals surface area (Å²) in [6.45, 7) is 8.78. The molecule has 1 aromatic heterocycles. The van der Waals surface area contributed by atoms with E-state index in [9.17, 15) is 0 Å². The molecule has 1 aliphatic heterocycles. The van der Waals surface area contributed by atoms with E-state index in [1.807, 2.05) is 20.0 Å². The normalized spacial score (nSPS) is 18.9. The molecule has 0 radical (unpaired) electrons. The van der Waals surface area contributed by atoms with Gasteiger partial charge in [0.25, 0.3) is 0 Å². The molecule has 2 rings (SSSR count). The van der Waals surface area contributed by atoms with Crippen LogP contribution in [-0.2, 0) is 11.3 Å². The third-order valence-electron chi connectivity index (χ3n) is 3.81. The Bertz CT molecular complexity index is 436. The maximum absolute atomic E-state index is 5.44. The average molecular weight is 278 g/mol. The van der Waals surface area contributed by atoms with Gasteiger partial charge in [-0.25, -0.2) is 9.97 Å². The Kier molecular flexibility index (Phi) is 5.17. The van der Waals surface area contributed by atoms with Gasteiger partial charge in [0.2, 0.25) is 0 Å². The number of ether oxygens (including phenoxy) is 1. The summed E-state index contributed by atoms with van der Waals surface area (Å²) in [6, 6.07) is 2.62. The summed E-state index contributed by atoms with van der Waals surface area (Å²) in [5.74, 6) is 3.28. The Balaban J connectivity index is 2.25. The quantitative estimate of drug-likeness (QED) is 0.867. The molecule has 1 saturated heterocycles. The second-order valence-corrected chi connectivity index (χ2v) is 5.56. The molecule has 1 fully saturated rings. The van der Waals surface area contributed by atoms with Gasteiger partial charge in [-0.1, -0.05) is 13.8 Å².